The summed E-state index contributed by atoms with van der Waals surface area (Å²) in [4.78, 5) is 12.4. The largest absolute Gasteiger partial charge is 0.508 e. The van der Waals surface area contributed by atoms with E-state index >= 15 is 0 Å². The molecule has 6 heteroatoms. The van der Waals surface area contributed by atoms with Crippen molar-refractivity contribution in [3.8, 4) is 11.8 Å². The molecule has 1 unspecified atom stereocenters. The Morgan fingerprint density at radius 3 is 2.63 bits per heavy atom. The lowest BCUT2D eigenvalue weighted by Crippen LogP contribution is -2.37. The molecule has 1 aromatic rings. The molecule has 1 aromatic carbocycles. The first-order valence-corrected chi connectivity index (χ1v) is 9.10. The van der Waals surface area contributed by atoms with E-state index in [-0.39, 0.29) is 22.3 Å². The van der Waals surface area contributed by atoms with Crippen molar-refractivity contribution < 1.29 is 14.6 Å². The molecule has 0 saturated carbocycles. The Balaban J connectivity index is 2.62. The van der Waals surface area contributed by atoms with Crippen molar-refractivity contribution >= 4 is 17.5 Å². The zero-order valence-corrected chi connectivity index (χ0v) is 16.4. The predicted octanol–water partition coefficient (Wildman–Crippen LogP) is 4.34. The molecule has 0 aliphatic carbocycles. The van der Waals surface area contributed by atoms with Gasteiger partial charge in [0, 0.05) is 6.54 Å². The molecule has 0 aromatic heterocycles. The Morgan fingerprint density at radius 1 is 1.41 bits per heavy atom. The van der Waals surface area contributed by atoms with Crippen molar-refractivity contribution in [2.45, 2.75) is 39.2 Å². The molecule has 5 nitrogen and oxygen atoms in total. The molecule has 2 N–H and O–H groups in total. The van der Waals surface area contributed by atoms with E-state index in [1.165, 1.54) is 6.08 Å². The standard InChI is InChI=1S/C21H25ClN2O3/c1-4-5-20(27-15(2)6-9-18(14-23)16(3)22)21(26)24-13-12-17-7-10-19(25)11-8-17/h6-11,20,25H,3-5,12-13H2,1-2H3,(H,24,26)/b15-6+,18-9-. The number of amides is 1. The van der Waals surface area contributed by atoms with Crippen LogP contribution in [-0.2, 0) is 16.0 Å². The van der Waals surface area contributed by atoms with Gasteiger partial charge in [-0.2, -0.15) is 5.26 Å². The summed E-state index contributed by atoms with van der Waals surface area (Å²) in [5, 5.41) is 21.3. The number of carbonyl (C=O) groups is 1. The van der Waals surface area contributed by atoms with Crippen LogP contribution in [0.2, 0.25) is 0 Å². The Bertz CT molecular complexity index is 746. The van der Waals surface area contributed by atoms with Gasteiger partial charge in [0.15, 0.2) is 6.10 Å². The van der Waals surface area contributed by atoms with Gasteiger partial charge in [-0.3, -0.25) is 4.79 Å². The van der Waals surface area contributed by atoms with Crippen molar-refractivity contribution in [1.82, 2.24) is 5.32 Å². The number of phenols is 1. The third kappa shape index (κ3) is 8.48. The number of ether oxygens (including phenoxy) is 1. The highest BCUT2D eigenvalue weighted by Crippen LogP contribution is 2.14. The third-order valence-electron chi connectivity index (χ3n) is 3.72. The minimum Gasteiger partial charge on any atom is -0.508 e. The zero-order valence-electron chi connectivity index (χ0n) is 15.7. The van der Waals surface area contributed by atoms with Crippen molar-refractivity contribution in [1.29, 1.82) is 5.26 Å². The summed E-state index contributed by atoms with van der Waals surface area (Å²) in [5.41, 5.74) is 1.26. The van der Waals surface area contributed by atoms with Crippen LogP contribution in [0.1, 0.15) is 32.3 Å². The summed E-state index contributed by atoms with van der Waals surface area (Å²) < 4.78 is 5.74. The SMILES string of the molecule is C=C(Cl)/C(C#N)=C\C=C(/C)OC(CCC)C(=O)NCCc1ccc(O)cc1. The molecule has 0 aliphatic rings. The third-order valence-corrected chi connectivity index (χ3v) is 3.92. The van der Waals surface area contributed by atoms with Gasteiger partial charge in [-0.1, -0.05) is 43.7 Å². The molecule has 1 amide bonds. The molecule has 0 radical (unpaired) electrons. The fourth-order valence-electron chi connectivity index (χ4n) is 2.26. The molecule has 27 heavy (non-hydrogen) atoms. The van der Waals surface area contributed by atoms with E-state index in [2.05, 4.69) is 11.9 Å². The molecule has 0 saturated heterocycles. The number of nitrogens with one attached hydrogen (secondary N) is 1. The number of aromatic hydroxyl groups is 1. The average Bonchev–Trinajstić information content (AvgIpc) is 2.63. The maximum atomic E-state index is 12.4. The van der Waals surface area contributed by atoms with Gasteiger partial charge in [0.2, 0.25) is 0 Å². The summed E-state index contributed by atoms with van der Waals surface area (Å²) >= 11 is 5.72. The summed E-state index contributed by atoms with van der Waals surface area (Å²) in [6.07, 6.45) is 4.53. The van der Waals surface area contributed by atoms with Gasteiger partial charge < -0.3 is 15.2 Å². The van der Waals surface area contributed by atoms with E-state index in [1.807, 2.05) is 25.1 Å². The van der Waals surface area contributed by atoms with Crippen LogP contribution in [-0.4, -0.2) is 23.7 Å². The second-order valence-corrected chi connectivity index (χ2v) is 6.43. The summed E-state index contributed by atoms with van der Waals surface area (Å²) in [7, 11) is 0. The quantitative estimate of drug-likeness (QED) is 0.355. The van der Waals surface area contributed by atoms with Crippen LogP contribution < -0.4 is 5.32 Å². The maximum Gasteiger partial charge on any atom is 0.261 e. The molecule has 0 spiro atoms. The van der Waals surface area contributed by atoms with Crippen LogP contribution >= 0.6 is 11.6 Å². The zero-order chi connectivity index (χ0) is 20.2. The van der Waals surface area contributed by atoms with Gasteiger partial charge >= 0.3 is 0 Å². The van der Waals surface area contributed by atoms with E-state index in [9.17, 15) is 9.90 Å². The second kappa shape index (κ2) is 11.8. The Hall–Kier alpha value is -2.71. The maximum absolute atomic E-state index is 12.4. The van der Waals surface area contributed by atoms with Gasteiger partial charge in [-0.25, -0.2) is 0 Å². The molecule has 0 heterocycles. The number of benzene rings is 1. The normalized spacial score (nSPS) is 12.8. The second-order valence-electron chi connectivity index (χ2n) is 5.98. The fourth-order valence-corrected chi connectivity index (χ4v) is 2.37. The molecule has 144 valence electrons. The molecular formula is C21H25ClN2O3. The van der Waals surface area contributed by atoms with Crippen LogP contribution in [0.25, 0.3) is 0 Å². The Labute approximate surface area is 165 Å². The fraction of sp³-hybridized carbons (Fsp3) is 0.333. The topological polar surface area (TPSA) is 82.3 Å². The first kappa shape index (κ1) is 22.3. The average molecular weight is 389 g/mol. The molecular weight excluding hydrogens is 364 g/mol. The number of nitriles is 1. The lowest BCUT2D eigenvalue weighted by atomic mass is 10.1. The van der Waals surface area contributed by atoms with Crippen molar-refractivity contribution in [3.05, 3.63) is 64.9 Å². The van der Waals surface area contributed by atoms with Gasteiger partial charge in [-0.05, 0) is 49.6 Å². The number of phenolic OH excluding ortho intramolecular Hbond substituents is 1. The monoisotopic (exact) mass is 388 g/mol. The summed E-state index contributed by atoms with van der Waals surface area (Å²) in [5.74, 6) is 0.537. The van der Waals surface area contributed by atoms with Crippen LogP contribution in [0.15, 0.2) is 59.4 Å². The van der Waals surface area contributed by atoms with E-state index in [0.717, 1.165) is 12.0 Å². The van der Waals surface area contributed by atoms with Crippen LogP contribution in [0.5, 0.6) is 5.75 Å². The van der Waals surface area contributed by atoms with E-state index in [0.29, 0.717) is 25.1 Å². The number of hydrogen-bond donors (Lipinski definition) is 2. The van der Waals surface area contributed by atoms with Crippen molar-refractivity contribution in [2.75, 3.05) is 6.54 Å². The highest BCUT2D eigenvalue weighted by atomic mass is 35.5. The number of carbonyl (C=O) groups excluding carboxylic acids is 1. The smallest absolute Gasteiger partial charge is 0.261 e. The van der Waals surface area contributed by atoms with E-state index < -0.39 is 6.10 Å². The first-order chi connectivity index (χ1) is 12.9. The first-order valence-electron chi connectivity index (χ1n) is 8.73. The minimum atomic E-state index is -0.607. The van der Waals surface area contributed by atoms with Crippen LogP contribution in [0.3, 0.4) is 0 Å². The number of hydrogen-bond acceptors (Lipinski definition) is 4. The molecule has 1 atom stereocenters. The predicted molar refractivity (Wildman–Crippen MR) is 107 cm³/mol. The van der Waals surface area contributed by atoms with Gasteiger partial charge in [-0.15, -0.1) is 0 Å². The molecule has 0 fully saturated rings. The Kier molecular flexibility index (Phi) is 9.78. The van der Waals surface area contributed by atoms with Gasteiger partial charge in [0.05, 0.1) is 16.4 Å². The van der Waals surface area contributed by atoms with Gasteiger partial charge in [0.25, 0.3) is 5.91 Å². The van der Waals surface area contributed by atoms with Crippen LogP contribution in [0, 0.1) is 11.3 Å². The van der Waals surface area contributed by atoms with E-state index in [4.69, 9.17) is 21.6 Å². The van der Waals surface area contributed by atoms with Crippen LogP contribution in [0.4, 0.5) is 0 Å². The highest BCUT2D eigenvalue weighted by molar-refractivity contribution is 6.32. The lowest BCUT2D eigenvalue weighted by Gasteiger charge is -2.18. The number of halogens is 1. The Morgan fingerprint density at radius 2 is 2.07 bits per heavy atom. The summed E-state index contributed by atoms with van der Waals surface area (Å²) in [6.45, 7) is 7.68. The molecule has 0 bridgehead atoms. The van der Waals surface area contributed by atoms with Crippen molar-refractivity contribution in [3.63, 3.8) is 0 Å². The highest BCUT2D eigenvalue weighted by Gasteiger charge is 2.18. The summed E-state index contributed by atoms with van der Waals surface area (Å²) in [6, 6.07) is 8.81. The number of nitrogens with zero attached hydrogens (tertiary/aromatic N) is 1. The van der Waals surface area contributed by atoms with Gasteiger partial charge in [0.1, 0.15) is 11.8 Å². The van der Waals surface area contributed by atoms with Crippen molar-refractivity contribution in [2.24, 2.45) is 0 Å². The number of rotatable bonds is 10. The minimum absolute atomic E-state index is 0.152. The number of allylic oxidation sites excluding steroid dienone is 5. The lowest BCUT2D eigenvalue weighted by molar-refractivity contribution is -0.130. The molecule has 1 rings (SSSR count). The van der Waals surface area contributed by atoms with E-state index in [1.54, 1.807) is 25.1 Å². The molecule has 0 aliphatic heterocycles.